The number of rotatable bonds is 5. The number of hydrogen-bond donors (Lipinski definition) is 1. The highest BCUT2D eigenvalue weighted by Crippen LogP contribution is 2.21. The lowest BCUT2D eigenvalue weighted by Crippen LogP contribution is -2.25. The molecule has 18 heavy (non-hydrogen) atoms. The Labute approximate surface area is 118 Å². The van der Waals surface area contributed by atoms with Crippen molar-refractivity contribution >= 4 is 39.1 Å². The van der Waals surface area contributed by atoms with E-state index in [4.69, 9.17) is 11.6 Å². The van der Waals surface area contributed by atoms with Gasteiger partial charge in [0.15, 0.2) is 0 Å². The van der Waals surface area contributed by atoms with Crippen LogP contribution in [0.5, 0.6) is 0 Å². The van der Waals surface area contributed by atoms with Crippen LogP contribution in [0.15, 0.2) is 22.7 Å². The van der Waals surface area contributed by atoms with Gasteiger partial charge in [0.05, 0.1) is 4.92 Å². The van der Waals surface area contributed by atoms with Crippen LogP contribution in [0.3, 0.4) is 0 Å². The molecule has 1 rings (SSSR count). The Hall–Kier alpha value is -1.14. The zero-order valence-electron chi connectivity index (χ0n) is 9.65. The van der Waals surface area contributed by atoms with E-state index in [1.165, 1.54) is 18.2 Å². The van der Waals surface area contributed by atoms with Gasteiger partial charge < -0.3 is 5.32 Å². The van der Waals surface area contributed by atoms with Gasteiger partial charge in [0, 0.05) is 34.1 Å². The third kappa shape index (κ3) is 4.62. The van der Waals surface area contributed by atoms with Crippen LogP contribution in [0.4, 0.5) is 5.69 Å². The van der Waals surface area contributed by atoms with Crippen LogP contribution >= 0.6 is 27.5 Å². The van der Waals surface area contributed by atoms with Crippen molar-refractivity contribution in [1.29, 1.82) is 0 Å². The number of carbonyl (C=O) groups excluding carboxylic acids is 1. The summed E-state index contributed by atoms with van der Waals surface area (Å²) in [5.41, 5.74) is 0.124. The van der Waals surface area contributed by atoms with Crippen molar-refractivity contribution in [3.63, 3.8) is 0 Å². The molecule has 1 N–H and O–H groups in total. The second-order valence-electron chi connectivity index (χ2n) is 3.78. The lowest BCUT2D eigenvalue weighted by atomic mass is 10.2. The molecule has 0 aliphatic rings. The van der Waals surface area contributed by atoms with Gasteiger partial charge in [-0.15, -0.1) is 11.6 Å². The third-order valence-electron chi connectivity index (χ3n) is 2.18. The summed E-state index contributed by atoms with van der Waals surface area (Å²) in [6, 6.07) is 4.12. The molecule has 0 saturated carbocycles. The van der Waals surface area contributed by atoms with Crippen LogP contribution < -0.4 is 5.32 Å². The van der Waals surface area contributed by atoms with Gasteiger partial charge in [-0.2, -0.15) is 0 Å². The number of non-ortho nitro benzene ring substituents is 1. The van der Waals surface area contributed by atoms with Gasteiger partial charge in [0.2, 0.25) is 0 Å². The largest absolute Gasteiger partial charge is 0.352 e. The van der Waals surface area contributed by atoms with Crippen LogP contribution in [0.1, 0.15) is 23.7 Å². The fourth-order valence-corrected chi connectivity index (χ4v) is 1.89. The number of nitrogens with one attached hydrogen (secondary N) is 1. The van der Waals surface area contributed by atoms with Crippen molar-refractivity contribution < 1.29 is 9.72 Å². The smallest absolute Gasteiger partial charge is 0.271 e. The summed E-state index contributed by atoms with van der Waals surface area (Å²) in [6.07, 6.45) is 0.642. The SMILES string of the molecule is CC(Cl)CCNC(=O)c1cc(Br)cc([N+](=O)[O-])c1. The van der Waals surface area contributed by atoms with E-state index < -0.39 is 4.92 Å². The minimum atomic E-state index is -0.539. The first kappa shape index (κ1) is 14.9. The van der Waals surface area contributed by atoms with Gasteiger partial charge in [-0.05, 0) is 19.4 Å². The first-order valence-electron chi connectivity index (χ1n) is 5.27. The predicted molar refractivity (Wildman–Crippen MR) is 73.1 cm³/mol. The summed E-state index contributed by atoms with van der Waals surface area (Å²) < 4.78 is 0.493. The molecule has 1 atom stereocenters. The van der Waals surface area contributed by atoms with Crippen molar-refractivity contribution in [2.24, 2.45) is 0 Å². The molecule has 1 amide bonds. The average molecular weight is 336 g/mol. The van der Waals surface area contributed by atoms with Gasteiger partial charge in [0.25, 0.3) is 11.6 Å². The monoisotopic (exact) mass is 334 g/mol. The normalized spacial score (nSPS) is 11.9. The van der Waals surface area contributed by atoms with Crippen LogP contribution in [0, 0.1) is 10.1 Å². The second kappa shape index (κ2) is 6.70. The Balaban J connectivity index is 2.76. The van der Waals surface area contributed by atoms with Crippen molar-refractivity contribution in [3.05, 3.63) is 38.3 Å². The van der Waals surface area contributed by atoms with E-state index in [-0.39, 0.29) is 22.5 Å². The minimum absolute atomic E-state index is 0.0258. The van der Waals surface area contributed by atoms with Crippen LogP contribution in [0.25, 0.3) is 0 Å². The topological polar surface area (TPSA) is 72.2 Å². The highest BCUT2D eigenvalue weighted by Gasteiger charge is 2.13. The molecular weight excluding hydrogens is 323 g/mol. The fraction of sp³-hybridized carbons (Fsp3) is 0.364. The van der Waals surface area contributed by atoms with Crippen molar-refractivity contribution in [3.8, 4) is 0 Å². The number of carbonyl (C=O) groups is 1. The Morgan fingerprint density at radius 1 is 1.56 bits per heavy atom. The number of nitrogens with zero attached hydrogens (tertiary/aromatic N) is 1. The molecule has 0 aliphatic heterocycles. The maximum absolute atomic E-state index is 11.8. The molecular formula is C11H12BrClN2O3. The van der Waals surface area contributed by atoms with E-state index in [0.29, 0.717) is 17.4 Å². The first-order chi connectivity index (χ1) is 8.40. The standard InChI is InChI=1S/C11H12BrClN2O3/c1-7(13)2-3-14-11(16)8-4-9(12)6-10(5-8)15(17)18/h4-7H,2-3H2,1H3,(H,14,16). The average Bonchev–Trinajstić information content (AvgIpc) is 2.27. The molecule has 7 heteroatoms. The number of nitro benzene ring substituents is 1. The Kier molecular flexibility index (Phi) is 5.55. The molecule has 1 aromatic rings. The summed E-state index contributed by atoms with van der Waals surface area (Å²) >= 11 is 8.89. The van der Waals surface area contributed by atoms with Crippen molar-refractivity contribution in [2.45, 2.75) is 18.7 Å². The number of alkyl halides is 1. The molecule has 0 bridgehead atoms. The lowest BCUT2D eigenvalue weighted by Gasteiger charge is -2.06. The summed E-state index contributed by atoms with van der Waals surface area (Å²) in [4.78, 5) is 21.9. The molecule has 0 aliphatic carbocycles. The maximum atomic E-state index is 11.8. The van der Waals surface area contributed by atoms with Crippen molar-refractivity contribution in [2.75, 3.05) is 6.54 Å². The molecule has 0 aromatic heterocycles. The molecule has 0 radical (unpaired) electrons. The Morgan fingerprint density at radius 3 is 2.78 bits per heavy atom. The number of amides is 1. The molecule has 5 nitrogen and oxygen atoms in total. The Morgan fingerprint density at radius 2 is 2.22 bits per heavy atom. The van der Waals surface area contributed by atoms with E-state index in [9.17, 15) is 14.9 Å². The molecule has 0 heterocycles. The summed E-state index contributed by atoms with van der Waals surface area (Å²) in [7, 11) is 0. The van der Waals surface area contributed by atoms with Crippen LogP contribution in [0.2, 0.25) is 0 Å². The van der Waals surface area contributed by atoms with Gasteiger partial charge in [0.1, 0.15) is 0 Å². The zero-order chi connectivity index (χ0) is 13.7. The van der Waals surface area contributed by atoms with Crippen molar-refractivity contribution in [1.82, 2.24) is 5.32 Å². The quantitative estimate of drug-likeness (QED) is 0.510. The molecule has 1 aromatic carbocycles. The molecule has 0 fully saturated rings. The first-order valence-corrected chi connectivity index (χ1v) is 6.50. The van der Waals surface area contributed by atoms with Gasteiger partial charge in [-0.1, -0.05) is 15.9 Å². The number of hydrogen-bond acceptors (Lipinski definition) is 3. The zero-order valence-corrected chi connectivity index (χ0v) is 12.0. The van der Waals surface area contributed by atoms with Gasteiger partial charge in [-0.25, -0.2) is 0 Å². The third-order valence-corrected chi connectivity index (χ3v) is 2.86. The van der Waals surface area contributed by atoms with Gasteiger partial charge >= 0.3 is 0 Å². The molecule has 0 spiro atoms. The summed E-state index contributed by atoms with van der Waals surface area (Å²) in [5.74, 6) is -0.350. The molecule has 98 valence electrons. The van der Waals surface area contributed by atoms with E-state index in [1.54, 1.807) is 0 Å². The molecule has 0 saturated heterocycles. The Bertz CT molecular complexity index is 466. The van der Waals surface area contributed by atoms with E-state index >= 15 is 0 Å². The van der Waals surface area contributed by atoms with Crippen LogP contribution in [-0.4, -0.2) is 22.8 Å². The highest BCUT2D eigenvalue weighted by atomic mass is 79.9. The van der Waals surface area contributed by atoms with Crippen LogP contribution in [-0.2, 0) is 0 Å². The number of halogens is 2. The van der Waals surface area contributed by atoms with E-state index in [1.807, 2.05) is 6.92 Å². The summed E-state index contributed by atoms with van der Waals surface area (Å²) in [5, 5.41) is 13.3. The van der Waals surface area contributed by atoms with Gasteiger partial charge in [-0.3, -0.25) is 14.9 Å². The second-order valence-corrected chi connectivity index (χ2v) is 5.44. The number of nitro groups is 1. The number of benzene rings is 1. The maximum Gasteiger partial charge on any atom is 0.271 e. The highest BCUT2D eigenvalue weighted by molar-refractivity contribution is 9.10. The minimum Gasteiger partial charge on any atom is -0.352 e. The lowest BCUT2D eigenvalue weighted by molar-refractivity contribution is -0.385. The fourth-order valence-electron chi connectivity index (χ4n) is 1.30. The molecule has 1 unspecified atom stereocenters. The van der Waals surface area contributed by atoms with E-state index in [0.717, 1.165) is 0 Å². The van der Waals surface area contributed by atoms with E-state index in [2.05, 4.69) is 21.2 Å². The summed E-state index contributed by atoms with van der Waals surface area (Å²) in [6.45, 7) is 2.27. The predicted octanol–water partition coefficient (Wildman–Crippen LogP) is 3.10.